The van der Waals surface area contributed by atoms with Gasteiger partial charge in [-0.1, -0.05) is 31.5 Å². The number of benzene rings is 1. The number of hydrogen-bond donors (Lipinski definition) is 1. The molecule has 0 spiro atoms. The summed E-state index contributed by atoms with van der Waals surface area (Å²) in [4.78, 5) is 0. The second-order valence-electron chi connectivity index (χ2n) is 2.95. The minimum atomic E-state index is 0.385. The second kappa shape index (κ2) is 4.47. The monoisotopic (exact) mass is 182 g/mol. The number of hydrogen-bond acceptors (Lipinski definition) is 1. The lowest BCUT2D eigenvalue weighted by Crippen LogP contribution is -1.88. The molecule has 2 atom stereocenters. The fourth-order valence-corrected chi connectivity index (χ4v) is 1.88. The summed E-state index contributed by atoms with van der Waals surface area (Å²) in [5, 5.41) is 9.49. The maximum Gasteiger partial charge on any atom is 0.119 e. The molecule has 0 aliphatic heterocycles. The largest absolute Gasteiger partial charge is 0.508 e. The lowest BCUT2D eigenvalue weighted by molar-refractivity contribution is 0.466. The van der Waals surface area contributed by atoms with E-state index in [2.05, 4.69) is 16.2 Å². The highest BCUT2D eigenvalue weighted by atomic mass is 31.0. The van der Waals surface area contributed by atoms with Gasteiger partial charge in [-0.25, -0.2) is 0 Å². The molecule has 66 valence electrons. The summed E-state index contributed by atoms with van der Waals surface area (Å²) in [7, 11) is 2.77. The van der Waals surface area contributed by atoms with Gasteiger partial charge in [-0.3, -0.25) is 0 Å². The van der Waals surface area contributed by atoms with Crippen LogP contribution in [0.5, 0.6) is 5.75 Å². The molecule has 0 amide bonds. The number of phenolic OH excluding ortho intramolecular Hbond substituents is 1. The van der Waals surface area contributed by atoms with Gasteiger partial charge in [0, 0.05) is 11.2 Å². The highest BCUT2D eigenvalue weighted by molar-refractivity contribution is 7.17. The number of aromatic hydroxyl groups is 1. The van der Waals surface area contributed by atoms with E-state index >= 15 is 0 Å². The van der Waals surface area contributed by atoms with Crippen LogP contribution in [0.4, 0.5) is 0 Å². The molecule has 0 bridgehead atoms. The number of rotatable bonds is 3. The minimum Gasteiger partial charge on any atom is -0.508 e. The van der Waals surface area contributed by atoms with E-state index in [0.29, 0.717) is 11.4 Å². The van der Waals surface area contributed by atoms with Crippen LogP contribution in [0, 0.1) is 0 Å². The molecule has 1 rings (SSSR count). The smallest absolute Gasteiger partial charge is 0.119 e. The van der Waals surface area contributed by atoms with Gasteiger partial charge in [0.2, 0.25) is 0 Å². The van der Waals surface area contributed by atoms with Gasteiger partial charge in [0.25, 0.3) is 0 Å². The zero-order chi connectivity index (χ0) is 8.97. The summed E-state index contributed by atoms with van der Waals surface area (Å²) in [6.45, 7) is 2.15. The maximum absolute atomic E-state index is 9.49. The third-order valence-electron chi connectivity index (χ3n) is 1.94. The lowest BCUT2D eigenvalue weighted by atomic mass is 10.1. The Labute approximate surface area is 76.0 Å². The summed E-state index contributed by atoms with van der Waals surface area (Å²) in [6.07, 6.45) is 2.24. The van der Waals surface area contributed by atoms with Crippen LogP contribution in [0.1, 0.15) is 31.0 Å². The zero-order valence-corrected chi connectivity index (χ0v) is 8.48. The van der Waals surface area contributed by atoms with Gasteiger partial charge in [0.15, 0.2) is 0 Å². The van der Waals surface area contributed by atoms with Crippen molar-refractivity contribution < 1.29 is 5.11 Å². The van der Waals surface area contributed by atoms with Crippen LogP contribution in [0.15, 0.2) is 24.3 Å². The Morgan fingerprint density at radius 1 is 1.42 bits per heavy atom. The molecule has 0 aromatic heterocycles. The van der Waals surface area contributed by atoms with Gasteiger partial charge in [0.1, 0.15) is 5.75 Å². The van der Waals surface area contributed by atoms with Crippen molar-refractivity contribution in [1.82, 2.24) is 0 Å². The van der Waals surface area contributed by atoms with E-state index in [0.717, 1.165) is 18.4 Å². The Balaban J connectivity index is 2.79. The Morgan fingerprint density at radius 3 is 2.67 bits per heavy atom. The fourth-order valence-electron chi connectivity index (χ4n) is 1.27. The van der Waals surface area contributed by atoms with E-state index in [1.807, 2.05) is 18.2 Å². The molecule has 1 aromatic carbocycles. The first-order chi connectivity index (χ1) is 5.75. The molecule has 1 aromatic rings. The zero-order valence-electron chi connectivity index (χ0n) is 7.33. The second-order valence-corrected chi connectivity index (χ2v) is 3.76. The predicted molar refractivity (Wildman–Crippen MR) is 55.5 cm³/mol. The highest BCUT2D eigenvalue weighted by Crippen LogP contribution is 2.33. The summed E-state index contributed by atoms with van der Waals surface area (Å²) in [5.41, 5.74) is 1.42. The fraction of sp³-hybridized carbons (Fsp3) is 0.400. The molecule has 12 heavy (non-hydrogen) atoms. The van der Waals surface area contributed by atoms with E-state index < -0.39 is 0 Å². The van der Waals surface area contributed by atoms with Gasteiger partial charge >= 0.3 is 0 Å². The van der Waals surface area contributed by atoms with Crippen LogP contribution in [0.3, 0.4) is 0 Å². The normalized spacial score (nSPS) is 12.8. The predicted octanol–water partition coefficient (Wildman–Crippen LogP) is 3.11. The molecule has 0 heterocycles. The average Bonchev–Trinajstić information content (AvgIpc) is 2.05. The molecular weight excluding hydrogens is 167 g/mol. The maximum atomic E-state index is 9.49. The molecule has 0 saturated carbocycles. The first-order valence-electron chi connectivity index (χ1n) is 4.29. The first kappa shape index (κ1) is 9.54. The van der Waals surface area contributed by atoms with Crippen molar-refractivity contribution in [1.29, 1.82) is 0 Å². The third-order valence-corrected chi connectivity index (χ3v) is 2.63. The molecule has 0 aliphatic carbocycles. The summed E-state index contributed by atoms with van der Waals surface area (Å²) < 4.78 is 0. The van der Waals surface area contributed by atoms with Gasteiger partial charge in [-0.15, -0.1) is 9.24 Å². The van der Waals surface area contributed by atoms with Crippen LogP contribution in [-0.2, 0) is 0 Å². The van der Waals surface area contributed by atoms with E-state index in [9.17, 15) is 5.11 Å². The average molecular weight is 182 g/mol. The van der Waals surface area contributed by atoms with E-state index in [4.69, 9.17) is 0 Å². The standard InChI is InChI=1S/C10H15OP/c1-2-5-10(12)8-6-3-4-7-9(8)11/h3-4,6-7,10-11H,2,5,12H2,1H3. The molecule has 0 radical (unpaired) electrons. The van der Waals surface area contributed by atoms with Gasteiger partial charge < -0.3 is 5.11 Å². The third kappa shape index (κ3) is 2.22. The van der Waals surface area contributed by atoms with Crippen LogP contribution in [0.25, 0.3) is 0 Å². The summed E-state index contributed by atoms with van der Waals surface area (Å²) in [6, 6.07) is 7.52. The van der Waals surface area contributed by atoms with Crippen LogP contribution in [-0.4, -0.2) is 5.11 Å². The molecular formula is C10H15OP. The van der Waals surface area contributed by atoms with Gasteiger partial charge in [0.05, 0.1) is 0 Å². The van der Waals surface area contributed by atoms with Crippen molar-refractivity contribution in [2.24, 2.45) is 0 Å². The van der Waals surface area contributed by atoms with E-state index in [1.165, 1.54) is 0 Å². The van der Waals surface area contributed by atoms with Crippen LogP contribution >= 0.6 is 9.24 Å². The van der Waals surface area contributed by atoms with Crippen molar-refractivity contribution in [2.75, 3.05) is 0 Å². The molecule has 1 nitrogen and oxygen atoms in total. The Kier molecular flexibility index (Phi) is 3.55. The van der Waals surface area contributed by atoms with E-state index in [-0.39, 0.29) is 0 Å². The molecule has 0 saturated heterocycles. The molecule has 2 unspecified atom stereocenters. The topological polar surface area (TPSA) is 20.2 Å². The number of phenols is 1. The molecule has 2 heteroatoms. The Hall–Kier alpha value is -0.550. The Bertz CT molecular complexity index is 247. The first-order valence-corrected chi connectivity index (χ1v) is 4.95. The lowest BCUT2D eigenvalue weighted by Gasteiger charge is -2.11. The van der Waals surface area contributed by atoms with E-state index in [1.54, 1.807) is 6.07 Å². The Morgan fingerprint density at radius 2 is 2.08 bits per heavy atom. The molecule has 1 N–H and O–H groups in total. The number of para-hydroxylation sites is 1. The van der Waals surface area contributed by atoms with Crippen molar-refractivity contribution in [3.05, 3.63) is 29.8 Å². The SMILES string of the molecule is CCCC(P)c1ccccc1O. The minimum absolute atomic E-state index is 0.385. The molecule has 0 aliphatic rings. The van der Waals surface area contributed by atoms with Crippen molar-refractivity contribution in [3.63, 3.8) is 0 Å². The van der Waals surface area contributed by atoms with Crippen molar-refractivity contribution in [2.45, 2.75) is 25.4 Å². The summed E-state index contributed by atoms with van der Waals surface area (Å²) in [5.74, 6) is 0.408. The molecule has 0 fully saturated rings. The van der Waals surface area contributed by atoms with Gasteiger partial charge in [-0.2, -0.15) is 0 Å². The van der Waals surface area contributed by atoms with Crippen LogP contribution < -0.4 is 0 Å². The van der Waals surface area contributed by atoms with Crippen molar-refractivity contribution in [3.8, 4) is 5.75 Å². The van der Waals surface area contributed by atoms with Crippen molar-refractivity contribution >= 4 is 9.24 Å². The summed E-state index contributed by atoms with van der Waals surface area (Å²) >= 11 is 0. The van der Waals surface area contributed by atoms with Crippen LogP contribution in [0.2, 0.25) is 0 Å². The quantitative estimate of drug-likeness (QED) is 0.712. The highest BCUT2D eigenvalue weighted by Gasteiger charge is 2.07. The van der Waals surface area contributed by atoms with Gasteiger partial charge in [-0.05, 0) is 12.5 Å².